The molecule has 2 fully saturated rings. The lowest BCUT2D eigenvalue weighted by Gasteiger charge is -2.23. The van der Waals surface area contributed by atoms with Crippen molar-refractivity contribution < 1.29 is 14.6 Å². The second-order valence-corrected chi connectivity index (χ2v) is 4.27. The summed E-state index contributed by atoms with van der Waals surface area (Å²) in [6.07, 6.45) is 0.690. The van der Waals surface area contributed by atoms with Crippen LogP contribution in [0.3, 0.4) is 0 Å². The van der Waals surface area contributed by atoms with E-state index in [1.54, 1.807) is 0 Å². The summed E-state index contributed by atoms with van der Waals surface area (Å²) in [6, 6.07) is -0.291. The van der Waals surface area contributed by atoms with Gasteiger partial charge in [-0.15, -0.1) is 0 Å². The van der Waals surface area contributed by atoms with Crippen LogP contribution in [0.1, 0.15) is 13.3 Å². The topological polar surface area (TPSA) is 49.8 Å². The molecule has 80 valence electrons. The van der Waals surface area contributed by atoms with E-state index in [4.69, 9.17) is 9.84 Å². The fraction of sp³-hybridized carbons (Fsp3) is 0.900. The smallest absolute Gasteiger partial charge is 0.320 e. The molecule has 0 bridgehead atoms. The molecule has 4 nitrogen and oxygen atoms in total. The third-order valence-electron chi connectivity index (χ3n) is 3.38. The van der Waals surface area contributed by atoms with Crippen molar-refractivity contribution >= 4 is 5.97 Å². The van der Waals surface area contributed by atoms with Gasteiger partial charge in [0, 0.05) is 24.9 Å². The molecule has 0 aromatic rings. The van der Waals surface area contributed by atoms with E-state index in [1.165, 1.54) is 0 Å². The highest BCUT2D eigenvalue weighted by Crippen LogP contribution is 2.30. The fourth-order valence-electron chi connectivity index (χ4n) is 2.57. The Hall–Kier alpha value is -0.610. The van der Waals surface area contributed by atoms with Crippen molar-refractivity contribution in [1.29, 1.82) is 0 Å². The summed E-state index contributed by atoms with van der Waals surface area (Å²) < 4.78 is 5.36. The molecular formula is C10H17NO3. The molecule has 2 aliphatic rings. The summed E-state index contributed by atoms with van der Waals surface area (Å²) in [7, 11) is 0. The maximum atomic E-state index is 11.0. The third kappa shape index (κ3) is 1.64. The Labute approximate surface area is 83.8 Å². The number of hydrogen-bond donors (Lipinski definition) is 1. The monoisotopic (exact) mass is 199 g/mol. The van der Waals surface area contributed by atoms with Crippen LogP contribution in [0.25, 0.3) is 0 Å². The second-order valence-electron chi connectivity index (χ2n) is 4.27. The molecule has 2 rings (SSSR count). The van der Waals surface area contributed by atoms with Crippen molar-refractivity contribution in [3.8, 4) is 0 Å². The van der Waals surface area contributed by atoms with Gasteiger partial charge in [-0.05, 0) is 6.42 Å². The zero-order valence-electron chi connectivity index (χ0n) is 8.48. The summed E-state index contributed by atoms with van der Waals surface area (Å²) in [5.74, 6) is 0.459. The van der Waals surface area contributed by atoms with Gasteiger partial charge in [0.15, 0.2) is 0 Å². The van der Waals surface area contributed by atoms with Gasteiger partial charge >= 0.3 is 5.97 Å². The van der Waals surface area contributed by atoms with E-state index in [2.05, 4.69) is 4.90 Å². The van der Waals surface area contributed by atoms with Crippen molar-refractivity contribution in [3.63, 3.8) is 0 Å². The zero-order valence-corrected chi connectivity index (χ0v) is 8.48. The van der Waals surface area contributed by atoms with E-state index in [1.807, 2.05) is 6.92 Å². The first-order chi connectivity index (χ1) is 6.72. The van der Waals surface area contributed by atoms with Crippen LogP contribution >= 0.6 is 0 Å². The number of fused-ring (bicyclic) bond motifs is 1. The van der Waals surface area contributed by atoms with Crippen molar-refractivity contribution in [3.05, 3.63) is 0 Å². The van der Waals surface area contributed by atoms with Crippen LogP contribution in [0, 0.1) is 11.8 Å². The van der Waals surface area contributed by atoms with Crippen molar-refractivity contribution in [2.45, 2.75) is 19.4 Å². The molecule has 3 atom stereocenters. The van der Waals surface area contributed by atoms with Crippen molar-refractivity contribution in [2.75, 3.05) is 26.3 Å². The lowest BCUT2D eigenvalue weighted by molar-refractivity contribution is -0.143. The number of likely N-dealkylation sites (tertiary alicyclic amines) is 1. The SMILES string of the molecule is CC[C@H](C(=O)O)N1C[C@H]2COC[C@H]2C1. The van der Waals surface area contributed by atoms with Crippen LogP contribution in [0.2, 0.25) is 0 Å². The average Bonchev–Trinajstić information content (AvgIpc) is 2.63. The van der Waals surface area contributed by atoms with E-state index in [-0.39, 0.29) is 6.04 Å². The van der Waals surface area contributed by atoms with Crippen LogP contribution in [-0.4, -0.2) is 48.3 Å². The van der Waals surface area contributed by atoms with Gasteiger partial charge in [0.2, 0.25) is 0 Å². The molecule has 1 N–H and O–H groups in total. The Morgan fingerprint density at radius 3 is 2.50 bits per heavy atom. The van der Waals surface area contributed by atoms with E-state index in [0.29, 0.717) is 18.3 Å². The highest BCUT2D eigenvalue weighted by atomic mass is 16.5. The standard InChI is InChI=1S/C10H17NO3/c1-2-9(10(12)13)11-3-7-5-14-6-8(7)4-11/h7-9H,2-6H2,1H3,(H,12,13)/t7-,8+,9-/m1/s1. The largest absolute Gasteiger partial charge is 0.480 e. The molecule has 0 radical (unpaired) electrons. The van der Waals surface area contributed by atoms with E-state index >= 15 is 0 Å². The second kappa shape index (κ2) is 3.87. The number of carboxylic acids is 1. The fourth-order valence-corrected chi connectivity index (χ4v) is 2.57. The minimum Gasteiger partial charge on any atom is -0.480 e. The van der Waals surface area contributed by atoms with Gasteiger partial charge in [0.05, 0.1) is 13.2 Å². The lowest BCUT2D eigenvalue weighted by atomic mass is 10.0. The molecule has 0 unspecified atom stereocenters. The molecule has 2 aliphatic heterocycles. The van der Waals surface area contributed by atoms with Crippen LogP contribution < -0.4 is 0 Å². The number of hydrogen-bond acceptors (Lipinski definition) is 3. The third-order valence-corrected chi connectivity index (χ3v) is 3.38. The summed E-state index contributed by atoms with van der Waals surface area (Å²) in [5.41, 5.74) is 0. The molecule has 14 heavy (non-hydrogen) atoms. The number of rotatable bonds is 3. The summed E-state index contributed by atoms with van der Waals surface area (Å²) >= 11 is 0. The maximum absolute atomic E-state index is 11.0. The Morgan fingerprint density at radius 2 is 2.07 bits per heavy atom. The average molecular weight is 199 g/mol. The Morgan fingerprint density at radius 1 is 1.50 bits per heavy atom. The van der Waals surface area contributed by atoms with Gasteiger partial charge < -0.3 is 9.84 Å². The molecule has 0 aromatic carbocycles. The van der Waals surface area contributed by atoms with Gasteiger partial charge in [0.25, 0.3) is 0 Å². The lowest BCUT2D eigenvalue weighted by Crippen LogP contribution is -2.40. The molecule has 4 heteroatoms. The summed E-state index contributed by atoms with van der Waals surface area (Å²) in [6.45, 7) is 5.36. The van der Waals surface area contributed by atoms with E-state index in [0.717, 1.165) is 26.3 Å². The Balaban J connectivity index is 1.97. The van der Waals surface area contributed by atoms with Crippen molar-refractivity contribution in [1.82, 2.24) is 4.90 Å². The molecule has 0 aromatic heterocycles. The first kappa shape index (κ1) is 9.93. The van der Waals surface area contributed by atoms with Gasteiger partial charge in [-0.1, -0.05) is 6.92 Å². The molecule has 2 saturated heterocycles. The van der Waals surface area contributed by atoms with Crippen molar-refractivity contribution in [2.24, 2.45) is 11.8 Å². The molecule has 0 aliphatic carbocycles. The molecule has 0 spiro atoms. The van der Waals surface area contributed by atoms with Gasteiger partial charge in [-0.2, -0.15) is 0 Å². The van der Waals surface area contributed by atoms with Crippen LogP contribution in [-0.2, 0) is 9.53 Å². The minimum absolute atomic E-state index is 0.291. The molecule has 0 saturated carbocycles. The van der Waals surface area contributed by atoms with Crippen LogP contribution in [0.5, 0.6) is 0 Å². The van der Waals surface area contributed by atoms with E-state index in [9.17, 15) is 4.79 Å². The first-order valence-corrected chi connectivity index (χ1v) is 5.27. The molecule has 2 heterocycles. The number of carboxylic acid groups (broad SMARTS) is 1. The van der Waals surface area contributed by atoms with E-state index < -0.39 is 5.97 Å². The highest BCUT2D eigenvalue weighted by molar-refractivity contribution is 5.73. The number of carbonyl (C=O) groups is 1. The van der Waals surface area contributed by atoms with Gasteiger partial charge in [0.1, 0.15) is 6.04 Å². The Bertz CT molecular complexity index is 219. The highest BCUT2D eigenvalue weighted by Gasteiger charge is 2.40. The maximum Gasteiger partial charge on any atom is 0.320 e. The Kier molecular flexibility index (Phi) is 2.74. The zero-order chi connectivity index (χ0) is 10.1. The first-order valence-electron chi connectivity index (χ1n) is 5.27. The number of nitrogens with zero attached hydrogens (tertiary/aromatic N) is 1. The van der Waals surface area contributed by atoms with Gasteiger partial charge in [-0.3, -0.25) is 9.69 Å². The predicted molar refractivity (Wildman–Crippen MR) is 51.1 cm³/mol. The summed E-state index contributed by atoms with van der Waals surface area (Å²) in [4.78, 5) is 13.1. The number of ether oxygens (including phenoxy) is 1. The summed E-state index contributed by atoms with van der Waals surface area (Å²) in [5, 5.41) is 9.02. The van der Waals surface area contributed by atoms with Gasteiger partial charge in [-0.25, -0.2) is 0 Å². The minimum atomic E-state index is -0.687. The van der Waals surface area contributed by atoms with Crippen LogP contribution in [0.4, 0.5) is 0 Å². The molecular weight excluding hydrogens is 182 g/mol. The van der Waals surface area contributed by atoms with Crippen LogP contribution in [0.15, 0.2) is 0 Å². The normalized spacial score (nSPS) is 34.4. The molecule has 0 amide bonds. The quantitative estimate of drug-likeness (QED) is 0.716. The number of aliphatic carboxylic acids is 1. The predicted octanol–water partition coefficient (Wildman–Crippen LogP) is 0.428.